The van der Waals surface area contributed by atoms with Crippen molar-refractivity contribution in [3.05, 3.63) is 28.2 Å². The molecule has 0 spiro atoms. The summed E-state index contributed by atoms with van der Waals surface area (Å²) in [6.45, 7) is 2.66. The van der Waals surface area contributed by atoms with E-state index in [1.165, 1.54) is 6.07 Å². The second kappa shape index (κ2) is 5.71. The fourth-order valence-electron chi connectivity index (χ4n) is 2.08. The summed E-state index contributed by atoms with van der Waals surface area (Å²) in [5, 5.41) is 12.6. The molecule has 98 valence electrons. The molecule has 1 saturated heterocycles. The number of phenolic OH excluding ortho intramolecular Hbond substituents is 1. The summed E-state index contributed by atoms with van der Waals surface area (Å²) >= 11 is 3.29. The molecule has 0 aromatic heterocycles. The lowest BCUT2D eigenvalue weighted by atomic mass is 10.0. The molecule has 1 aromatic rings. The number of hydrogen-bond donors (Lipinski definition) is 2. The predicted molar refractivity (Wildman–Crippen MR) is 71.7 cm³/mol. The summed E-state index contributed by atoms with van der Waals surface area (Å²) in [6, 6.07) is 4.93. The predicted octanol–water partition coefficient (Wildman–Crippen LogP) is 2.45. The van der Waals surface area contributed by atoms with Crippen LogP contribution in [0.25, 0.3) is 0 Å². The first-order valence-electron chi connectivity index (χ1n) is 5.97. The maximum Gasteiger partial charge on any atom is 0.255 e. The molecule has 0 bridgehead atoms. The summed E-state index contributed by atoms with van der Waals surface area (Å²) < 4.78 is 6.20. The van der Waals surface area contributed by atoms with Crippen LogP contribution in [-0.4, -0.2) is 29.8 Å². The van der Waals surface area contributed by atoms with Crippen LogP contribution in [0, 0.1) is 0 Å². The van der Waals surface area contributed by atoms with Gasteiger partial charge in [-0.25, -0.2) is 0 Å². The van der Waals surface area contributed by atoms with Crippen LogP contribution in [-0.2, 0) is 4.74 Å². The highest BCUT2D eigenvalue weighted by atomic mass is 79.9. The monoisotopic (exact) mass is 313 g/mol. The molecule has 1 aliphatic rings. The van der Waals surface area contributed by atoms with Crippen LogP contribution < -0.4 is 5.32 Å². The Morgan fingerprint density at radius 3 is 3.06 bits per heavy atom. The van der Waals surface area contributed by atoms with Crippen molar-refractivity contribution < 1.29 is 14.6 Å². The van der Waals surface area contributed by atoms with Gasteiger partial charge in [-0.1, -0.05) is 15.9 Å². The normalized spacial score (nSPS) is 23.7. The summed E-state index contributed by atoms with van der Waals surface area (Å²) in [5.41, 5.74) is 0.295. The zero-order valence-electron chi connectivity index (χ0n) is 10.1. The van der Waals surface area contributed by atoms with E-state index in [1.54, 1.807) is 12.1 Å². The Hall–Kier alpha value is -1.07. The third-order valence-electron chi connectivity index (χ3n) is 3.02. The SMILES string of the molecule is CC1CC(NC(=O)c2cc(Br)ccc2O)CCO1. The Morgan fingerprint density at radius 2 is 2.33 bits per heavy atom. The summed E-state index contributed by atoms with van der Waals surface area (Å²) in [7, 11) is 0. The third kappa shape index (κ3) is 3.23. The van der Waals surface area contributed by atoms with Gasteiger partial charge >= 0.3 is 0 Å². The largest absolute Gasteiger partial charge is 0.507 e. The molecule has 2 N–H and O–H groups in total. The second-order valence-corrected chi connectivity index (χ2v) is 5.45. The zero-order chi connectivity index (χ0) is 13.1. The van der Waals surface area contributed by atoms with Gasteiger partial charge in [0.25, 0.3) is 5.91 Å². The van der Waals surface area contributed by atoms with E-state index in [4.69, 9.17) is 4.74 Å². The molecule has 5 heteroatoms. The number of aromatic hydroxyl groups is 1. The van der Waals surface area contributed by atoms with E-state index in [1.807, 2.05) is 6.92 Å². The first kappa shape index (κ1) is 13.4. The number of amides is 1. The van der Waals surface area contributed by atoms with E-state index >= 15 is 0 Å². The minimum absolute atomic E-state index is 0.00388. The second-order valence-electron chi connectivity index (χ2n) is 4.54. The number of rotatable bonds is 2. The molecule has 1 amide bonds. The van der Waals surface area contributed by atoms with Gasteiger partial charge in [-0.05, 0) is 38.0 Å². The maximum atomic E-state index is 12.1. The van der Waals surface area contributed by atoms with E-state index in [0.29, 0.717) is 12.2 Å². The molecule has 0 aliphatic carbocycles. The van der Waals surface area contributed by atoms with Crippen molar-refractivity contribution in [2.24, 2.45) is 0 Å². The van der Waals surface area contributed by atoms with Crippen molar-refractivity contribution in [1.29, 1.82) is 0 Å². The molecule has 2 rings (SSSR count). The molecular weight excluding hydrogens is 298 g/mol. The van der Waals surface area contributed by atoms with Gasteiger partial charge in [0.15, 0.2) is 0 Å². The number of phenols is 1. The number of benzene rings is 1. The minimum atomic E-state index is -0.243. The molecule has 1 heterocycles. The standard InChI is InChI=1S/C13H16BrNO3/c1-8-6-10(4-5-18-8)15-13(17)11-7-9(14)2-3-12(11)16/h2-3,7-8,10,16H,4-6H2,1H3,(H,15,17). The van der Waals surface area contributed by atoms with Gasteiger partial charge in [0.05, 0.1) is 11.7 Å². The van der Waals surface area contributed by atoms with Gasteiger partial charge in [0.1, 0.15) is 5.75 Å². The Morgan fingerprint density at radius 1 is 1.56 bits per heavy atom. The van der Waals surface area contributed by atoms with E-state index in [-0.39, 0.29) is 23.8 Å². The average molecular weight is 314 g/mol. The summed E-state index contributed by atoms with van der Waals surface area (Å²) in [5.74, 6) is -0.247. The Bertz CT molecular complexity index is 450. The lowest BCUT2D eigenvalue weighted by Crippen LogP contribution is -2.41. The van der Waals surface area contributed by atoms with Gasteiger partial charge in [-0.3, -0.25) is 4.79 Å². The van der Waals surface area contributed by atoms with Crippen LogP contribution >= 0.6 is 15.9 Å². The van der Waals surface area contributed by atoms with Gasteiger partial charge in [0.2, 0.25) is 0 Å². The number of hydrogen-bond acceptors (Lipinski definition) is 3. The van der Waals surface area contributed by atoms with Crippen molar-refractivity contribution in [1.82, 2.24) is 5.32 Å². The fourth-order valence-corrected chi connectivity index (χ4v) is 2.44. The summed E-state index contributed by atoms with van der Waals surface area (Å²) in [4.78, 5) is 12.1. The molecule has 0 saturated carbocycles. The van der Waals surface area contributed by atoms with Crippen LogP contribution in [0.3, 0.4) is 0 Å². The molecule has 0 radical (unpaired) electrons. The van der Waals surface area contributed by atoms with Crippen molar-refractivity contribution in [2.45, 2.75) is 31.9 Å². The quantitative estimate of drug-likeness (QED) is 0.881. The Balaban J connectivity index is 2.05. The highest BCUT2D eigenvalue weighted by molar-refractivity contribution is 9.10. The lowest BCUT2D eigenvalue weighted by molar-refractivity contribution is 0.0136. The fraction of sp³-hybridized carbons (Fsp3) is 0.462. The van der Waals surface area contributed by atoms with Gasteiger partial charge < -0.3 is 15.2 Å². The van der Waals surface area contributed by atoms with Crippen molar-refractivity contribution in [3.8, 4) is 5.75 Å². The summed E-state index contributed by atoms with van der Waals surface area (Å²) in [6.07, 6.45) is 1.78. The maximum absolute atomic E-state index is 12.1. The van der Waals surface area contributed by atoms with E-state index < -0.39 is 0 Å². The average Bonchev–Trinajstić information content (AvgIpc) is 2.32. The van der Waals surface area contributed by atoms with Gasteiger partial charge in [-0.2, -0.15) is 0 Å². The highest BCUT2D eigenvalue weighted by Gasteiger charge is 2.22. The van der Waals surface area contributed by atoms with Crippen LogP contribution in [0.5, 0.6) is 5.75 Å². The van der Waals surface area contributed by atoms with Crippen LogP contribution in [0.2, 0.25) is 0 Å². The van der Waals surface area contributed by atoms with Crippen LogP contribution in [0.1, 0.15) is 30.1 Å². The van der Waals surface area contributed by atoms with Crippen molar-refractivity contribution in [2.75, 3.05) is 6.61 Å². The Labute approximate surface area is 114 Å². The molecule has 2 atom stereocenters. The minimum Gasteiger partial charge on any atom is -0.507 e. The molecule has 1 aromatic carbocycles. The Kier molecular flexibility index (Phi) is 4.24. The van der Waals surface area contributed by atoms with Gasteiger partial charge in [0, 0.05) is 17.1 Å². The van der Waals surface area contributed by atoms with Crippen molar-refractivity contribution in [3.63, 3.8) is 0 Å². The molecule has 1 aliphatic heterocycles. The number of ether oxygens (including phenoxy) is 1. The van der Waals surface area contributed by atoms with Crippen LogP contribution in [0.15, 0.2) is 22.7 Å². The third-order valence-corrected chi connectivity index (χ3v) is 3.52. The molecule has 18 heavy (non-hydrogen) atoms. The molecule has 2 unspecified atom stereocenters. The molecule has 4 nitrogen and oxygen atoms in total. The first-order valence-corrected chi connectivity index (χ1v) is 6.76. The van der Waals surface area contributed by atoms with Crippen molar-refractivity contribution >= 4 is 21.8 Å². The lowest BCUT2D eigenvalue weighted by Gasteiger charge is -2.28. The first-order chi connectivity index (χ1) is 8.56. The highest BCUT2D eigenvalue weighted by Crippen LogP contribution is 2.22. The van der Waals surface area contributed by atoms with Gasteiger partial charge in [-0.15, -0.1) is 0 Å². The van der Waals surface area contributed by atoms with E-state index in [2.05, 4.69) is 21.2 Å². The van der Waals surface area contributed by atoms with Crippen LogP contribution in [0.4, 0.5) is 0 Å². The van der Waals surface area contributed by atoms with E-state index in [0.717, 1.165) is 17.3 Å². The van der Waals surface area contributed by atoms with E-state index in [9.17, 15) is 9.90 Å². The zero-order valence-corrected chi connectivity index (χ0v) is 11.7. The topological polar surface area (TPSA) is 58.6 Å². The molecular formula is C13H16BrNO3. The number of halogens is 1. The number of carbonyl (C=O) groups excluding carboxylic acids is 1. The number of nitrogens with one attached hydrogen (secondary N) is 1. The number of carbonyl (C=O) groups is 1. The smallest absolute Gasteiger partial charge is 0.255 e. The molecule has 1 fully saturated rings.